The molecule has 1 amide bonds. The Hall–Kier alpha value is -2.30. The molecule has 1 aliphatic carbocycles. The Bertz CT molecular complexity index is 729. The monoisotopic (exact) mass is 287 g/mol. The third-order valence-electron chi connectivity index (χ3n) is 3.88. The molecule has 0 aliphatic heterocycles. The quantitative estimate of drug-likeness (QED) is 0.881. The fraction of sp³-hybridized carbons (Fsp3) is 0.375. The standard InChI is InChI=1S/C16H17NO4/c1-20-12-7-6-10-8-13(16(19)21-14(10)9-12)15(18)17-11-4-2-3-5-11/h6-9,11H,2-5H2,1H3,(H,17,18). The van der Waals surface area contributed by atoms with Crippen molar-refractivity contribution in [3.63, 3.8) is 0 Å². The van der Waals surface area contributed by atoms with E-state index in [1.165, 1.54) is 0 Å². The van der Waals surface area contributed by atoms with E-state index in [4.69, 9.17) is 9.15 Å². The Morgan fingerprint density at radius 2 is 2.05 bits per heavy atom. The van der Waals surface area contributed by atoms with Crippen molar-refractivity contribution in [2.24, 2.45) is 0 Å². The topological polar surface area (TPSA) is 68.5 Å². The molecule has 1 aromatic carbocycles. The van der Waals surface area contributed by atoms with Crippen LogP contribution in [0.15, 0.2) is 33.5 Å². The molecule has 1 fully saturated rings. The van der Waals surface area contributed by atoms with Gasteiger partial charge in [0.25, 0.3) is 5.91 Å². The molecular weight excluding hydrogens is 270 g/mol. The molecular formula is C16H17NO4. The van der Waals surface area contributed by atoms with Gasteiger partial charge in [-0.2, -0.15) is 0 Å². The first-order valence-corrected chi connectivity index (χ1v) is 7.10. The minimum atomic E-state index is -0.619. The van der Waals surface area contributed by atoms with Crippen molar-refractivity contribution in [1.82, 2.24) is 5.32 Å². The number of amides is 1. The molecule has 0 saturated heterocycles. The van der Waals surface area contributed by atoms with Crippen LogP contribution in [0.5, 0.6) is 5.75 Å². The van der Waals surface area contributed by atoms with E-state index in [1.54, 1.807) is 31.4 Å². The lowest BCUT2D eigenvalue weighted by Gasteiger charge is -2.11. The molecule has 3 rings (SSSR count). The van der Waals surface area contributed by atoms with Gasteiger partial charge in [0.1, 0.15) is 16.9 Å². The fourth-order valence-corrected chi connectivity index (χ4v) is 2.71. The summed E-state index contributed by atoms with van der Waals surface area (Å²) in [6, 6.07) is 6.91. The number of carbonyl (C=O) groups excluding carboxylic acids is 1. The molecule has 5 nitrogen and oxygen atoms in total. The first kappa shape index (κ1) is 13.7. The highest BCUT2D eigenvalue weighted by atomic mass is 16.5. The minimum Gasteiger partial charge on any atom is -0.497 e. The lowest BCUT2D eigenvalue weighted by Crippen LogP contribution is -2.35. The van der Waals surface area contributed by atoms with Crippen molar-refractivity contribution in [1.29, 1.82) is 0 Å². The average Bonchev–Trinajstić information content (AvgIpc) is 2.98. The molecule has 0 radical (unpaired) electrons. The van der Waals surface area contributed by atoms with Gasteiger partial charge in [0, 0.05) is 17.5 Å². The highest BCUT2D eigenvalue weighted by Gasteiger charge is 2.20. The van der Waals surface area contributed by atoms with Crippen molar-refractivity contribution in [2.75, 3.05) is 7.11 Å². The molecule has 0 bridgehead atoms. The zero-order chi connectivity index (χ0) is 14.8. The number of hydrogen-bond acceptors (Lipinski definition) is 4. The maximum atomic E-state index is 12.2. The first-order valence-electron chi connectivity index (χ1n) is 7.10. The second-order valence-corrected chi connectivity index (χ2v) is 5.31. The van der Waals surface area contributed by atoms with Crippen LogP contribution in [0, 0.1) is 0 Å². The summed E-state index contributed by atoms with van der Waals surface area (Å²) in [7, 11) is 1.54. The van der Waals surface area contributed by atoms with Crippen molar-refractivity contribution in [2.45, 2.75) is 31.7 Å². The molecule has 1 heterocycles. The number of methoxy groups -OCH3 is 1. The highest BCUT2D eigenvalue weighted by molar-refractivity contribution is 5.96. The van der Waals surface area contributed by atoms with E-state index in [0.29, 0.717) is 16.7 Å². The third-order valence-corrected chi connectivity index (χ3v) is 3.88. The normalized spacial score (nSPS) is 15.3. The van der Waals surface area contributed by atoms with E-state index >= 15 is 0 Å². The van der Waals surface area contributed by atoms with E-state index in [9.17, 15) is 9.59 Å². The summed E-state index contributed by atoms with van der Waals surface area (Å²) >= 11 is 0. The Morgan fingerprint density at radius 1 is 1.29 bits per heavy atom. The van der Waals surface area contributed by atoms with Crippen LogP contribution < -0.4 is 15.7 Å². The number of rotatable bonds is 3. The van der Waals surface area contributed by atoms with E-state index in [1.807, 2.05) is 0 Å². The van der Waals surface area contributed by atoms with Gasteiger partial charge in [0.15, 0.2) is 0 Å². The van der Waals surface area contributed by atoms with Crippen molar-refractivity contribution in [3.8, 4) is 5.75 Å². The molecule has 0 spiro atoms. The average molecular weight is 287 g/mol. The molecule has 1 saturated carbocycles. The Balaban J connectivity index is 1.93. The van der Waals surface area contributed by atoms with Crippen LogP contribution in [0.1, 0.15) is 36.0 Å². The van der Waals surface area contributed by atoms with E-state index < -0.39 is 5.63 Å². The predicted molar refractivity (Wildman–Crippen MR) is 78.8 cm³/mol. The molecule has 2 aromatic rings. The van der Waals surface area contributed by atoms with Crippen LogP contribution in [-0.4, -0.2) is 19.1 Å². The van der Waals surface area contributed by atoms with Gasteiger partial charge in [-0.1, -0.05) is 12.8 Å². The van der Waals surface area contributed by atoms with Crippen molar-refractivity contribution < 1.29 is 13.9 Å². The van der Waals surface area contributed by atoms with Gasteiger partial charge in [-0.05, 0) is 31.0 Å². The molecule has 1 aliphatic rings. The second-order valence-electron chi connectivity index (χ2n) is 5.31. The van der Waals surface area contributed by atoms with Gasteiger partial charge in [0.2, 0.25) is 0 Å². The smallest absolute Gasteiger partial charge is 0.349 e. The van der Waals surface area contributed by atoms with Gasteiger partial charge in [-0.15, -0.1) is 0 Å². The second kappa shape index (κ2) is 5.60. The number of carbonyl (C=O) groups is 1. The first-order chi connectivity index (χ1) is 10.2. The number of benzene rings is 1. The number of hydrogen-bond donors (Lipinski definition) is 1. The van der Waals surface area contributed by atoms with E-state index in [-0.39, 0.29) is 17.5 Å². The highest BCUT2D eigenvalue weighted by Crippen LogP contribution is 2.21. The molecule has 1 N–H and O–H groups in total. The molecule has 110 valence electrons. The van der Waals surface area contributed by atoms with Crippen molar-refractivity contribution in [3.05, 3.63) is 40.2 Å². The van der Waals surface area contributed by atoms with Gasteiger partial charge < -0.3 is 14.5 Å². The summed E-state index contributed by atoms with van der Waals surface area (Å²) in [4.78, 5) is 24.2. The van der Waals surface area contributed by atoms with Crippen LogP contribution in [0.2, 0.25) is 0 Å². The summed E-state index contributed by atoms with van der Waals surface area (Å²) in [5.41, 5.74) is -0.150. The summed E-state index contributed by atoms with van der Waals surface area (Å²) in [5.74, 6) is 0.252. The van der Waals surface area contributed by atoms with E-state index in [2.05, 4.69) is 5.32 Å². The summed E-state index contributed by atoms with van der Waals surface area (Å²) in [6.45, 7) is 0. The van der Waals surface area contributed by atoms with Crippen molar-refractivity contribution >= 4 is 16.9 Å². The summed E-state index contributed by atoms with van der Waals surface area (Å²) in [6.07, 6.45) is 4.19. The zero-order valence-corrected chi connectivity index (χ0v) is 11.8. The van der Waals surface area contributed by atoms with Crippen LogP contribution in [0.25, 0.3) is 11.0 Å². The van der Waals surface area contributed by atoms with Gasteiger partial charge in [-0.25, -0.2) is 4.79 Å². The molecule has 0 unspecified atom stereocenters. The van der Waals surface area contributed by atoms with Gasteiger partial charge >= 0.3 is 5.63 Å². The number of nitrogens with one attached hydrogen (secondary N) is 1. The lowest BCUT2D eigenvalue weighted by molar-refractivity contribution is 0.0934. The summed E-state index contributed by atoms with van der Waals surface area (Å²) < 4.78 is 10.3. The van der Waals surface area contributed by atoms with Crippen LogP contribution in [0.3, 0.4) is 0 Å². The van der Waals surface area contributed by atoms with Crippen LogP contribution >= 0.6 is 0 Å². The third kappa shape index (κ3) is 2.77. The zero-order valence-electron chi connectivity index (χ0n) is 11.8. The van der Waals surface area contributed by atoms with E-state index in [0.717, 1.165) is 25.7 Å². The van der Waals surface area contributed by atoms with Crippen LogP contribution in [-0.2, 0) is 0 Å². The Kier molecular flexibility index (Phi) is 3.64. The molecule has 0 atom stereocenters. The molecule has 1 aromatic heterocycles. The fourth-order valence-electron chi connectivity index (χ4n) is 2.71. The Morgan fingerprint density at radius 3 is 2.76 bits per heavy atom. The largest absolute Gasteiger partial charge is 0.497 e. The maximum absolute atomic E-state index is 12.2. The summed E-state index contributed by atoms with van der Waals surface area (Å²) in [5, 5.41) is 3.60. The molecule has 21 heavy (non-hydrogen) atoms. The number of ether oxygens (including phenoxy) is 1. The Labute approximate surface area is 121 Å². The van der Waals surface area contributed by atoms with Crippen LogP contribution in [0.4, 0.5) is 0 Å². The van der Waals surface area contributed by atoms with Gasteiger partial charge in [0.05, 0.1) is 7.11 Å². The van der Waals surface area contributed by atoms with Gasteiger partial charge in [-0.3, -0.25) is 4.79 Å². The maximum Gasteiger partial charge on any atom is 0.349 e. The molecule has 5 heteroatoms. The lowest BCUT2D eigenvalue weighted by atomic mass is 10.1. The number of fused-ring (bicyclic) bond motifs is 1. The SMILES string of the molecule is COc1ccc2cc(C(=O)NC3CCCC3)c(=O)oc2c1. The minimum absolute atomic E-state index is 0.0552. The predicted octanol–water partition coefficient (Wildman–Crippen LogP) is 2.47.